The van der Waals surface area contributed by atoms with Gasteiger partial charge in [-0.3, -0.25) is 9.69 Å². The molecule has 0 N–H and O–H groups in total. The predicted molar refractivity (Wildman–Crippen MR) is 126 cm³/mol. The molecule has 0 radical (unpaired) electrons. The summed E-state index contributed by atoms with van der Waals surface area (Å²) in [7, 11) is 1.94. The van der Waals surface area contributed by atoms with Crippen LogP contribution in [0.4, 0.5) is 0 Å². The van der Waals surface area contributed by atoms with E-state index in [4.69, 9.17) is 21.4 Å². The van der Waals surface area contributed by atoms with Gasteiger partial charge < -0.3 is 4.74 Å². The second kappa shape index (κ2) is 9.33. The lowest BCUT2D eigenvalue weighted by atomic mass is 10.0. The maximum absolute atomic E-state index is 13.1. The molecule has 0 unspecified atom stereocenters. The first-order valence-corrected chi connectivity index (χ1v) is 10.5. The summed E-state index contributed by atoms with van der Waals surface area (Å²) >= 11 is 5.90. The number of rotatable bonds is 7. The fourth-order valence-corrected chi connectivity index (χ4v) is 3.53. The third-order valence-electron chi connectivity index (χ3n) is 5.12. The lowest BCUT2D eigenvalue weighted by Gasteiger charge is -2.19. The summed E-state index contributed by atoms with van der Waals surface area (Å²) in [5.41, 5.74) is 2.88. The van der Waals surface area contributed by atoms with Gasteiger partial charge in [-0.25, -0.2) is 4.68 Å². The fourth-order valence-electron chi connectivity index (χ4n) is 3.41. The highest BCUT2D eigenvalue weighted by atomic mass is 35.5. The summed E-state index contributed by atoms with van der Waals surface area (Å²) in [6.07, 6.45) is 0. The Morgan fingerprint density at radius 2 is 1.65 bits per heavy atom. The lowest BCUT2D eigenvalue weighted by Crippen LogP contribution is -2.34. The Balaban J connectivity index is 1.55. The van der Waals surface area contributed by atoms with Crippen molar-refractivity contribution in [1.29, 1.82) is 0 Å². The fraction of sp³-hybridized carbons (Fsp3) is 0.200. The number of hydrogen-bond donors (Lipinski definition) is 0. The number of likely N-dealkylation sites (N-methyl/N-ethyl adjacent to an activating group) is 1. The maximum Gasteiger partial charge on any atom is 0.275 e. The van der Waals surface area contributed by atoms with E-state index in [0.717, 1.165) is 22.4 Å². The van der Waals surface area contributed by atoms with Crippen LogP contribution in [0.3, 0.4) is 0 Å². The zero-order valence-electron chi connectivity index (χ0n) is 17.6. The Bertz CT molecular complexity index is 1230. The molecule has 4 rings (SSSR count). The first-order valence-electron chi connectivity index (χ1n) is 10.1. The monoisotopic (exact) mass is 433 g/mol. The number of aryl methyl sites for hydroxylation is 1. The molecule has 0 fully saturated rings. The van der Waals surface area contributed by atoms with E-state index in [-0.39, 0.29) is 5.56 Å². The van der Waals surface area contributed by atoms with Gasteiger partial charge in [-0.1, -0.05) is 59.6 Å². The van der Waals surface area contributed by atoms with Crippen molar-refractivity contribution >= 4 is 22.4 Å². The van der Waals surface area contributed by atoms with Gasteiger partial charge in [-0.05, 0) is 44.3 Å². The number of halogens is 1. The first-order chi connectivity index (χ1) is 15.0. The van der Waals surface area contributed by atoms with E-state index in [0.29, 0.717) is 30.2 Å². The number of aromatic nitrogens is 2. The molecule has 0 saturated carbocycles. The highest BCUT2D eigenvalue weighted by Gasteiger charge is 2.13. The van der Waals surface area contributed by atoms with Crippen molar-refractivity contribution in [2.45, 2.75) is 13.6 Å². The maximum atomic E-state index is 13.1. The summed E-state index contributed by atoms with van der Waals surface area (Å²) in [5.74, 6) is 0.764. The van der Waals surface area contributed by atoms with E-state index in [1.165, 1.54) is 10.2 Å². The van der Waals surface area contributed by atoms with Crippen molar-refractivity contribution in [3.63, 3.8) is 0 Å². The van der Waals surface area contributed by atoms with Crippen LogP contribution in [0.2, 0.25) is 5.02 Å². The molecule has 0 atom stereocenters. The smallest absolute Gasteiger partial charge is 0.275 e. The Kier molecular flexibility index (Phi) is 6.35. The molecule has 3 aromatic carbocycles. The molecule has 0 aliphatic heterocycles. The van der Waals surface area contributed by atoms with Crippen LogP contribution in [0.25, 0.3) is 22.0 Å². The van der Waals surface area contributed by atoms with E-state index in [1.54, 1.807) is 12.1 Å². The molecule has 31 heavy (non-hydrogen) atoms. The number of hydrogen-bond acceptors (Lipinski definition) is 4. The molecule has 0 amide bonds. The minimum absolute atomic E-state index is 0.100. The second-order valence-corrected chi connectivity index (χ2v) is 8.02. The van der Waals surface area contributed by atoms with Crippen LogP contribution in [0.5, 0.6) is 5.75 Å². The molecule has 6 heteroatoms. The Morgan fingerprint density at radius 1 is 0.968 bits per heavy atom. The van der Waals surface area contributed by atoms with Crippen LogP contribution in [0.1, 0.15) is 5.56 Å². The van der Waals surface area contributed by atoms with Gasteiger partial charge in [0.1, 0.15) is 12.4 Å². The van der Waals surface area contributed by atoms with Gasteiger partial charge in [0.05, 0.1) is 17.7 Å². The van der Waals surface area contributed by atoms with E-state index in [1.807, 2.05) is 60.5 Å². The van der Waals surface area contributed by atoms with Gasteiger partial charge >= 0.3 is 0 Å². The second-order valence-electron chi connectivity index (χ2n) is 7.59. The van der Waals surface area contributed by atoms with Crippen LogP contribution in [0, 0.1) is 6.92 Å². The highest BCUT2D eigenvalue weighted by Crippen LogP contribution is 2.25. The molecule has 5 nitrogen and oxygen atoms in total. The standard InChI is InChI=1S/C25H24ClN3O2/c1-18-7-9-19(10-8-18)24-22-5-3-4-6-23(22)25(30)29(27-24)17-28(2)15-16-31-21-13-11-20(26)12-14-21/h3-14H,15-17H2,1-2H3. The third-order valence-corrected chi connectivity index (χ3v) is 5.38. The van der Waals surface area contributed by atoms with Crippen LogP contribution < -0.4 is 10.3 Å². The topological polar surface area (TPSA) is 47.4 Å². The summed E-state index contributed by atoms with van der Waals surface area (Å²) < 4.78 is 7.29. The first kappa shape index (κ1) is 21.1. The number of benzene rings is 3. The molecular formula is C25H24ClN3O2. The van der Waals surface area contributed by atoms with Gasteiger partial charge in [0, 0.05) is 22.5 Å². The zero-order chi connectivity index (χ0) is 21.8. The summed E-state index contributed by atoms with van der Waals surface area (Å²) in [6, 6.07) is 23.1. The van der Waals surface area contributed by atoms with Gasteiger partial charge in [0.15, 0.2) is 0 Å². The SMILES string of the molecule is Cc1ccc(-c2nn(CN(C)CCOc3ccc(Cl)cc3)c(=O)c3ccccc23)cc1. The number of nitrogens with zero attached hydrogens (tertiary/aromatic N) is 3. The van der Waals surface area contributed by atoms with Gasteiger partial charge in [0.25, 0.3) is 5.56 Å². The van der Waals surface area contributed by atoms with Crippen molar-refractivity contribution < 1.29 is 4.74 Å². The van der Waals surface area contributed by atoms with Crippen LogP contribution in [-0.2, 0) is 6.67 Å². The Labute approximate surface area is 186 Å². The minimum atomic E-state index is -0.100. The largest absolute Gasteiger partial charge is 0.492 e. The van der Waals surface area contributed by atoms with E-state index < -0.39 is 0 Å². The van der Waals surface area contributed by atoms with Crippen LogP contribution >= 0.6 is 11.6 Å². The number of ether oxygens (including phenoxy) is 1. The normalized spacial score (nSPS) is 11.2. The molecule has 0 saturated heterocycles. The Morgan fingerprint density at radius 3 is 2.35 bits per heavy atom. The van der Waals surface area contributed by atoms with Crippen LogP contribution in [0.15, 0.2) is 77.6 Å². The molecule has 1 aromatic heterocycles. The molecule has 0 spiro atoms. The van der Waals surface area contributed by atoms with E-state index >= 15 is 0 Å². The predicted octanol–water partition coefficient (Wildman–Crippen LogP) is 4.99. The van der Waals surface area contributed by atoms with Crippen molar-refractivity contribution in [1.82, 2.24) is 14.7 Å². The molecule has 0 bridgehead atoms. The third kappa shape index (κ3) is 4.95. The molecule has 0 aliphatic rings. The average Bonchev–Trinajstić information content (AvgIpc) is 2.78. The molecular weight excluding hydrogens is 410 g/mol. The van der Waals surface area contributed by atoms with Crippen molar-refractivity contribution in [2.24, 2.45) is 0 Å². The summed E-state index contributed by atoms with van der Waals surface area (Å²) in [4.78, 5) is 15.1. The van der Waals surface area contributed by atoms with Crippen molar-refractivity contribution in [3.8, 4) is 17.0 Å². The summed E-state index contributed by atoms with van der Waals surface area (Å²) in [5, 5.41) is 6.93. The average molecular weight is 434 g/mol. The number of fused-ring (bicyclic) bond motifs is 1. The van der Waals surface area contributed by atoms with E-state index in [9.17, 15) is 4.79 Å². The Hall–Kier alpha value is -3.15. The zero-order valence-corrected chi connectivity index (χ0v) is 18.3. The lowest BCUT2D eigenvalue weighted by molar-refractivity contribution is 0.196. The quantitative estimate of drug-likeness (QED) is 0.411. The van der Waals surface area contributed by atoms with Crippen molar-refractivity contribution in [3.05, 3.63) is 93.7 Å². The van der Waals surface area contributed by atoms with Crippen molar-refractivity contribution in [2.75, 3.05) is 20.2 Å². The van der Waals surface area contributed by atoms with E-state index in [2.05, 4.69) is 19.1 Å². The van der Waals surface area contributed by atoms with Crippen LogP contribution in [-0.4, -0.2) is 34.9 Å². The minimum Gasteiger partial charge on any atom is -0.492 e. The molecule has 1 heterocycles. The van der Waals surface area contributed by atoms with Gasteiger partial charge in [-0.2, -0.15) is 5.10 Å². The van der Waals surface area contributed by atoms with Gasteiger partial charge in [0.2, 0.25) is 0 Å². The molecule has 0 aliphatic carbocycles. The van der Waals surface area contributed by atoms with Gasteiger partial charge in [-0.15, -0.1) is 0 Å². The molecule has 4 aromatic rings. The highest BCUT2D eigenvalue weighted by molar-refractivity contribution is 6.30. The summed E-state index contributed by atoms with van der Waals surface area (Å²) in [6.45, 7) is 3.55. The molecule has 158 valence electrons.